The van der Waals surface area contributed by atoms with Crippen LogP contribution in [0.4, 0.5) is 4.39 Å². The van der Waals surface area contributed by atoms with Crippen molar-refractivity contribution < 1.29 is 9.18 Å². The fraction of sp³-hybridized carbons (Fsp3) is 0.300. The van der Waals surface area contributed by atoms with Crippen LogP contribution in [0.25, 0.3) is 0 Å². The standard InChI is InChI=1S/C10H12FNOS/c11-7-8-1-3-9(4-2-8)10(13)12-5-6-14/h1-4,14H,5-7H2,(H,12,13). The molecule has 14 heavy (non-hydrogen) atoms. The van der Waals surface area contributed by atoms with E-state index in [4.69, 9.17) is 0 Å². The van der Waals surface area contributed by atoms with Gasteiger partial charge in [0.2, 0.25) is 0 Å². The summed E-state index contributed by atoms with van der Waals surface area (Å²) < 4.78 is 12.2. The minimum absolute atomic E-state index is 0.149. The predicted molar refractivity (Wildman–Crippen MR) is 57.4 cm³/mol. The first-order valence-corrected chi connectivity index (χ1v) is 4.95. The number of carbonyl (C=O) groups is 1. The number of halogens is 1. The fourth-order valence-corrected chi connectivity index (χ4v) is 1.13. The van der Waals surface area contributed by atoms with Crippen molar-refractivity contribution in [2.24, 2.45) is 0 Å². The number of thiol groups is 1. The maximum absolute atomic E-state index is 12.2. The van der Waals surface area contributed by atoms with Crippen molar-refractivity contribution in [3.8, 4) is 0 Å². The Morgan fingerprint density at radius 2 is 2.00 bits per heavy atom. The van der Waals surface area contributed by atoms with Gasteiger partial charge in [-0.15, -0.1) is 0 Å². The van der Waals surface area contributed by atoms with E-state index in [1.54, 1.807) is 24.3 Å². The number of carbonyl (C=O) groups excluding carboxylic acids is 1. The van der Waals surface area contributed by atoms with Gasteiger partial charge in [0.25, 0.3) is 5.91 Å². The number of benzene rings is 1. The summed E-state index contributed by atoms with van der Waals surface area (Å²) in [5.41, 5.74) is 1.12. The van der Waals surface area contributed by atoms with E-state index in [1.165, 1.54) is 0 Å². The lowest BCUT2D eigenvalue weighted by atomic mass is 10.1. The van der Waals surface area contributed by atoms with Crippen molar-refractivity contribution in [3.05, 3.63) is 35.4 Å². The molecule has 0 bridgehead atoms. The highest BCUT2D eigenvalue weighted by Crippen LogP contribution is 2.05. The average molecular weight is 213 g/mol. The zero-order valence-corrected chi connectivity index (χ0v) is 8.56. The second-order valence-electron chi connectivity index (χ2n) is 2.81. The van der Waals surface area contributed by atoms with Crippen molar-refractivity contribution >= 4 is 18.5 Å². The van der Waals surface area contributed by atoms with Crippen molar-refractivity contribution in [1.82, 2.24) is 5.32 Å². The van der Waals surface area contributed by atoms with Gasteiger partial charge in [-0.05, 0) is 17.7 Å². The highest BCUT2D eigenvalue weighted by molar-refractivity contribution is 7.80. The van der Waals surface area contributed by atoms with Gasteiger partial charge in [-0.25, -0.2) is 4.39 Å². The fourth-order valence-electron chi connectivity index (χ4n) is 1.02. The van der Waals surface area contributed by atoms with E-state index < -0.39 is 6.67 Å². The maximum atomic E-state index is 12.2. The molecule has 0 fully saturated rings. The third-order valence-corrected chi connectivity index (χ3v) is 1.99. The number of alkyl halides is 1. The van der Waals surface area contributed by atoms with Crippen LogP contribution in [0.15, 0.2) is 24.3 Å². The SMILES string of the molecule is O=C(NCCS)c1ccc(CF)cc1. The Morgan fingerprint density at radius 3 is 2.50 bits per heavy atom. The molecule has 0 spiro atoms. The van der Waals surface area contributed by atoms with Gasteiger partial charge in [0, 0.05) is 17.9 Å². The van der Waals surface area contributed by atoms with Gasteiger partial charge in [0.05, 0.1) is 0 Å². The second-order valence-corrected chi connectivity index (χ2v) is 3.26. The van der Waals surface area contributed by atoms with Crippen LogP contribution >= 0.6 is 12.6 Å². The van der Waals surface area contributed by atoms with Gasteiger partial charge in [-0.2, -0.15) is 12.6 Å². The molecular formula is C10H12FNOS. The zero-order chi connectivity index (χ0) is 10.4. The molecule has 0 aliphatic carbocycles. The van der Waals surface area contributed by atoms with E-state index in [2.05, 4.69) is 17.9 Å². The second kappa shape index (κ2) is 5.65. The molecule has 0 saturated heterocycles. The molecule has 1 aromatic carbocycles. The number of hydrogen-bond donors (Lipinski definition) is 2. The molecule has 0 heterocycles. The smallest absolute Gasteiger partial charge is 0.251 e. The first-order valence-electron chi connectivity index (χ1n) is 4.32. The molecule has 1 rings (SSSR count). The zero-order valence-electron chi connectivity index (χ0n) is 7.66. The van der Waals surface area contributed by atoms with Gasteiger partial charge in [-0.1, -0.05) is 12.1 Å². The topological polar surface area (TPSA) is 29.1 Å². The Hall–Kier alpha value is -1.03. The molecule has 0 saturated carbocycles. The Morgan fingerprint density at radius 1 is 1.36 bits per heavy atom. The summed E-state index contributed by atoms with van der Waals surface area (Å²) >= 11 is 3.97. The minimum atomic E-state index is -0.501. The highest BCUT2D eigenvalue weighted by Gasteiger charge is 2.03. The first kappa shape index (κ1) is 11.0. The molecule has 0 unspecified atom stereocenters. The van der Waals surface area contributed by atoms with E-state index in [1.807, 2.05) is 0 Å². The third-order valence-electron chi connectivity index (χ3n) is 1.77. The van der Waals surface area contributed by atoms with Crippen LogP contribution < -0.4 is 5.32 Å². The molecule has 0 radical (unpaired) electrons. The van der Waals surface area contributed by atoms with Crippen molar-refractivity contribution in [2.75, 3.05) is 12.3 Å². The average Bonchev–Trinajstić information content (AvgIpc) is 2.26. The van der Waals surface area contributed by atoms with Crippen LogP contribution in [-0.2, 0) is 6.67 Å². The van der Waals surface area contributed by atoms with Gasteiger partial charge in [0.15, 0.2) is 0 Å². The van der Waals surface area contributed by atoms with E-state index >= 15 is 0 Å². The van der Waals surface area contributed by atoms with E-state index in [0.29, 0.717) is 23.4 Å². The van der Waals surface area contributed by atoms with Crippen molar-refractivity contribution in [1.29, 1.82) is 0 Å². The highest BCUT2D eigenvalue weighted by atomic mass is 32.1. The van der Waals surface area contributed by atoms with Crippen LogP contribution in [-0.4, -0.2) is 18.2 Å². The molecule has 1 aromatic rings. The van der Waals surface area contributed by atoms with Gasteiger partial charge in [0.1, 0.15) is 6.67 Å². The van der Waals surface area contributed by atoms with Crippen molar-refractivity contribution in [3.63, 3.8) is 0 Å². The lowest BCUT2D eigenvalue weighted by Crippen LogP contribution is -2.25. The van der Waals surface area contributed by atoms with Crippen LogP contribution in [0, 0.1) is 0 Å². The monoisotopic (exact) mass is 213 g/mol. The minimum Gasteiger partial charge on any atom is -0.351 e. The van der Waals surface area contributed by atoms with Gasteiger partial charge in [-0.3, -0.25) is 4.79 Å². The van der Waals surface area contributed by atoms with Crippen LogP contribution in [0.2, 0.25) is 0 Å². The van der Waals surface area contributed by atoms with Crippen LogP contribution in [0.5, 0.6) is 0 Å². The summed E-state index contributed by atoms with van der Waals surface area (Å²) in [7, 11) is 0. The molecule has 1 N–H and O–H groups in total. The van der Waals surface area contributed by atoms with Gasteiger partial charge < -0.3 is 5.32 Å². The van der Waals surface area contributed by atoms with Crippen molar-refractivity contribution in [2.45, 2.75) is 6.67 Å². The lowest BCUT2D eigenvalue weighted by Gasteiger charge is -2.03. The molecule has 1 amide bonds. The molecule has 0 aliphatic heterocycles. The van der Waals surface area contributed by atoms with Gasteiger partial charge >= 0.3 is 0 Å². The summed E-state index contributed by atoms with van der Waals surface area (Å²) in [4.78, 5) is 11.4. The third kappa shape index (κ3) is 3.03. The summed E-state index contributed by atoms with van der Waals surface area (Å²) in [6.45, 7) is 0.0331. The summed E-state index contributed by atoms with van der Waals surface area (Å²) in [5.74, 6) is 0.457. The Bertz CT molecular complexity index is 299. The number of nitrogens with one attached hydrogen (secondary N) is 1. The number of rotatable bonds is 4. The largest absolute Gasteiger partial charge is 0.351 e. The van der Waals surface area contributed by atoms with E-state index in [9.17, 15) is 9.18 Å². The first-order chi connectivity index (χ1) is 6.77. The Labute approximate surface area is 87.9 Å². The van der Waals surface area contributed by atoms with Crippen LogP contribution in [0.3, 0.4) is 0 Å². The van der Waals surface area contributed by atoms with Crippen LogP contribution in [0.1, 0.15) is 15.9 Å². The van der Waals surface area contributed by atoms with E-state index in [-0.39, 0.29) is 5.91 Å². The molecule has 2 nitrogen and oxygen atoms in total. The predicted octanol–water partition coefficient (Wildman–Crippen LogP) is 1.82. The lowest BCUT2D eigenvalue weighted by molar-refractivity contribution is 0.0956. The Kier molecular flexibility index (Phi) is 4.46. The Balaban J connectivity index is 2.62. The molecule has 0 aliphatic rings. The molecular weight excluding hydrogens is 201 g/mol. The normalized spacial score (nSPS) is 9.86. The maximum Gasteiger partial charge on any atom is 0.251 e. The summed E-state index contributed by atoms with van der Waals surface area (Å²) in [6.07, 6.45) is 0. The summed E-state index contributed by atoms with van der Waals surface area (Å²) in [6, 6.07) is 6.44. The molecule has 4 heteroatoms. The molecule has 0 atom stereocenters. The van der Waals surface area contributed by atoms with E-state index in [0.717, 1.165) is 0 Å². The molecule has 0 aromatic heterocycles. The summed E-state index contributed by atoms with van der Waals surface area (Å²) in [5, 5.41) is 2.68. The number of hydrogen-bond acceptors (Lipinski definition) is 2. The molecule has 76 valence electrons. The number of amides is 1. The quantitative estimate of drug-likeness (QED) is 0.734.